The summed E-state index contributed by atoms with van der Waals surface area (Å²) in [6.45, 7) is 0. The molecule has 0 aliphatic rings. The summed E-state index contributed by atoms with van der Waals surface area (Å²) >= 11 is 0. The molecule has 0 saturated carbocycles. The maximum atomic E-state index is 10.3. The van der Waals surface area contributed by atoms with E-state index in [4.69, 9.17) is 14.4 Å². The minimum atomic E-state index is -4.80. The molecule has 0 aliphatic heterocycles. The third-order valence-electron chi connectivity index (χ3n) is 0.104. The Kier molecular flexibility index (Phi) is 27.1. The Morgan fingerprint density at radius 1 is 1.22 bits per heavy atom. The molecule has 9 heavy (non-hydrogen) atoms. The van der Waals surface area contributed by atoms with Crippen LogP contribution in [0.15, 0.2) is 0 Å². The molecule has 0 saturated heterocycles. The Morgan fingerprint density at radius 2 is 1.33 bits per heavy atom. The van der Waals surface area contributed by atoms with Gasteiger partial charge in [-0.1, -0.05) is 4.53 Å². The molecule has 0 aromatic carbocycles. The van der Waals surface area contributed by atoms with Crippen LogP contribution in [0.3, 0.4) is 0 Å². The van der Waals surface area contributed by atoms with E-state index >= 15 is 0 Å². The van der Waals surface area contributed by atoms with E-state index in [-0.39, 0.29) is 84.7 Å². The van der Waals surface area contributed by atoms with Crippen LogP contribution in [0.4, 0.5) is 4.53 Å². The molecular formula is H9AlCaFNaO4Si. The number of hydrogen-bond acceptors (Lipinski definition) is 4. The third-order valence-corrected chi connectivity index (χ3v) is 0.311. The minimum absolute atomic E-state index is 0. The third kappa shape index (κ3) is 24.9. The van der Waals surface area contributed by atoms with Crippen LogP contribution in [0, 0.1) is 0 Å². The molecule has 0 unspecified atom stereocenters. The van der Waals surface area contributed by atoms with Gasteiger partial charge in [0.15, 0.2) is 17.4 Å². The molecule has 0 heterocycles. The molecule has 0 aromatic rings. The molecule has 0 spiro atoms. The molecule has 0 rings (SSSR count). The normalized spacial score (nSPS) is 8.00. The van der Waals surface area contributed by atoms with Gasteiger partial charge in [-0.3, -0.25) is 0 Å². The van der Waals surface area contributed by atoms with Gasteiger partial charge in [0, 0.05) is 0 Å². The van der Waals surface area contributed by atoms with Crippen LogP contribution in [0.1, 0.15) is 0 Å². The van der Waals surface area contributed by atoms with E-state index in [0.29, 0.717) is 0 Å². The molecular weight excluding hydrogens is 201 g/mol. The van der Waals surface area contributed by atoms with Gasteiger partial charge in [0.25, 0.3) is 0 Å². The second-order valence-electron chi connectivity index (χ2n) is 0.651. The summed E-state index contributed by atoms with van der Waals surface area (Å²) in [6.07, 6.45) is 0. The van der Waals surface area contributed by atoms with Crippen molar-refractivity contribution in [2.24, 2.45) is 0 Å². The monoisotopic (exact) mass is 210 g/mol. The van der Waals surface area contributed by atoms with Gasteiger partial charge in [-0.15, -0.1) is 0 Å². The molecule has 9 heteroatoms. The van der Waals surface area contributed by atoms with Gasteiger partial charge in [0.1, 0.15) is 0 Å². The van der Waals surface area contributed by atoms with Crippen LogP contribution in [0.2, 0.25) is 0 Å². The predicted molar refractivity (Wildman–Crippen MR) is 40.2 cm³/mol. The van der Waals surface area contributed by atoms with Gasteiger partial charge in [0.05, 0.1) is 0 Å². The van der Waals surface area contributed by atoms with E-state index in [9.17, 15) is 4.53 Å². The van der Waals surface area contributed by atoms with Crippen molar-refractivity contribution >= 4 is 93.7 Å². The Balaban J connectivity index is -0.0000000417. The molecule has 4 nitrogen and oxygen atoms in total. The summed E-state index contributed by atoms with van der Waals surface area (Å²) in [5.41, 5.74) is 0. The summed E-state index contributed by atoms with van der Waals surface area (Å²) in [7, 11) is -4.80. The summed E-state index contributed by atoms with van der Waals surface area (Å²) < 4.78 is 12.6. The maximum absolute atomic E-state index is 10.3. The zero-order valence-corrected chi connectivity index (χ0v) is 3.63. The molecule has 0 amide bonds. The molecule has 50 valence electrons. The Hall–Kier alpha value is 2.78. The first kappa shape index (κ1) is 22.6. The van der Waals surface area contributed by atoms with Crippen molar-refractivity contribution in [2.75, 3.05) is 0 Å². The van der Waals surface area contributed by atoms with Crippen molar-refractivity contribution in [2.45, 2.75) is 0 Å². The van der Waals surface area contributed by atoms with Crippen LogP contribution < -0.4 is 0 Å². The Morgan fingerprint density at radius 3 is 1.33 bits per heavy atom. The summed E-state index contributed by atoms with van der Waals surface area (Å²) in [5.74, 6) is 0. The zero-order chi connectivity index (χ0) is 5.21. The van der Waals surface area contributed by atoms with Gasteiger partial charge in [-0.2, -0.15) is 4.63 Å². The summed E-state index contributed by atoms with van der Waals surface area (Å²) in [6, 6.07) is 0. The first-order valence-electron chi connectivity index (χ1n) is 1.03. The predicted octanol–water partition coefficient (Wildman–Crippen LogP) is -4.45. The number of halogens is 1. The second kappa shape index (κ2) is 10.8. The van der Waals surface area contributed by atoms with Gasteiger partial charge in [0.2, 0.25) is 0 Å². The SMILES string of the molecule is O[Si](O)(O)OF.[AlH3].[CaH2].[NaH]. The molecule has 0 aliphatic carbocycles. The van der Waals surface area contributed by atoms with Crippen molar-refractivity contribution in [3.05, 3.63) is 0 Å². The van der Waals surface area contributed by atoms with Crippen molar-refractivity contribution in [3.8, 4) is 0 Å². The zero-order valence-electron chi connectivity index (χ0n) is 2.63. The van der Waals surface area contributed by atoms with Crippen molar-refractivity contribution in [1.82, 2.24) is 0 Å². The van der Waals surface area contributed by atoms with Crippen molar-refractivity contribution in [1.29, 1.82) is 0 Å². The van der Waals surface area contributed by atoms with Crippen LogP contribution in [0.5, 0.6) is 0 Å². The molecule has 0 aromatic heterocycles. The van der Waals surface area contributed by atoms with E-state index in [2.05, 4.69) is 4.63 Å². The van der Waals surface area contributed by atoms with Gasteiger partial charge in [-0.05, 0) is 0 Å². The van der Waals surface area contributed by atoms with E-state index in [1.54, 1.807) is 0 Å². The molecule has 0 fully saturated rings. The van der Waals surface area contributed by atoms with E-state index in [1.165, 1.54) is 0 Å². The van der Waals surface area contributed by atoms with E-state index in [1.807, 2.05) is 0 Å². The van der Waals surface area contributed by atoms with Crippen LogP contribution in [-0.2, 0) is 4.63 Å². The topological polar surface area (TPSA) is 69.9 Å². The Labute approximate surface area is 115 Å². The van der Waals surface area contributed by atoms with E-state index in [0.717, 1.165) is 0 Å². The van der Waals surface area contributed by atoms with E-state index < -0.39 is 9.05 Å². The summed E-state index contributed by atoms with van der Waals surface area (Å²) in [5, 5.41) is 0. The van der Waals surface area contributed by atoms with Crippen molar-refractivity contribution < 1.29 is 23.5 Å². The number of rotatable bonds is 1. The number of hydrogen-bond donors (Lipinski definition) is 3. The molecule has 0 bridgehead atoms. The van der Waals surface area contributed by atoms with Crippen LogP contribution in [-0.4, -0.2) is 108 Å². The van der Waals surface area contributed by atoms with Gasteiger partial charge in [-0.25, -0.2) is 0 Å². The first-order valence-corrected chi connectivity index (χ1v) is 2.78. The quantitative estimate of drug-likeness (QED) is 0.382. The van der Waals surface area contributed by atoms with Crippen LogP contribution >= 0.6 is 0 Å². The standard InChI is InChI=1S/Al.Ca.FH3O4Si.Na.6H/c;;1-5-6(2,3)4;;;;;;;/h;;2-4H;;;;;;;. The van der Waals surface area contributed by atoms with Gasteiger partial charge >= 0.3 is 76.3 Å². The average Bonchev–Trinajstić information content (AvgIpc) is 1.35. The first-order chi connectivity index (χ1) is 2.56. The summed E-state index contributed by atoms with van der Waals surface area (Å²) in [4.78, 5) is 22.4. The van der Waals surface area contributed by atoms with Crippen LogP contribution in [0.25, 0.3) is 0 Å². The average molecular weight is 210 g/mol. The molecule has 3 N–H and O–H groups in total. The fourth-order valence-electron chi connectivity index (χ4n) is 0. The molecule has 0 radical (unpaired) electrons. The van der Waals surface area contributed by atoms with Gasteiger partial charge < -0.3 is 14.4 Å². The Bertz CT molecular complexity index is 50.3. The fraction of sp³-hybridized carbons (Fsp3) is 0. The van der Waals surface area contributed by atoms with Crippen molar-refractivity contribution in [3.63, 3.8) is 0 Å². The second-order valence-corrected chi connectivity index (χ2v) is 1.95. The fourth-order valence-corrected chi connectivity index (χ4v) is 0. The molecule has 0 atom stereocenters.